The smallest absolute Gasteiger partial charge is 0.246 e. The number of benzene rings is 3. The van der Waals surface area contributed by atoms with Gasteiger partial charge in [-0.3, -0.25) is 14.4 Å². The number of aryl methyl sites for hydroxylation is 1. The van der Waals surface area contributed by atoms with Crippen molar-refractivity contribution in [3.05, 3.63) is 95.5 Å². The van der Waals surface area contributed by atoms with Crippen LogP contribution in [-0.4, -0.2) is 62.8 Å². The van der Waals surface area contributed by atoms with Crippen LogP contribution >= 0.6 is 23.1 Å². The number of likely N-dealkylation sites (tertiary alicyclic amines) is 2. The maximum atomic E-state index is 14.1. The Labute approximate surface area is 248 Å². The fourth-order valence-corrected chi connectivity index (χ4v) is 8.10. The Bertz CT molecular complexity index is 1490. The minimum Gasteiger partial charge on any atom is -0.330 e. The molecule has 2 aliphatic heterocycles. The highest BCUT2D eigenvalue weighted by molar-refractivity contribution is 8.00. The molecule has 41 heavy (non-hydrogen) atoms. The van der Waals surface area contributed by atoms with Gasteiger partial charge < -0.3 is 9.80 Å². The molecule has 6 rings (SSSR count). The summed E-state index contributed by atoms with van der Waals surface area (Å²) in [5.74, 6) is -0.177. The molecule has 3 atom stereocenters. The van der Waals surface area contributed by atoms with E-state index >= 15 is 0 Å². The zero-order valence-corrected chi connectivity index (χ0v) is 24.5. The average molecular weight is 584 g/mol. The summed E-state index contributed by atoms with van der Waals surface area (Å²) in [7, 11) is 0. The molecule has 2 saturated heterocycles. The van der Waals surface area contributed by atoms with E-state index in [4.69, 9.17) is 0 Å². The number of carbonyl (C=O) groups excluding carboxylic acids is 3. The van der Waals surface area contributed by atoms with Gasteiger partial charge in [0.05, 0.1) is 16.3 Å². The van der Waals surface area contributed by atoms with Crippen LogP contribution in [0, 0.1) is 0 Å². The standard InChI is InChI=1S/C33H33N3O3S2/c37-30(19-9-13-23-11-3-1-4-12-23)36-22-25(40-24-14-5-2-6-15-24)21-28(36)33(39)35-20-10-17-27(35)31(38)32-34-26-16-7-8-18-29(26)41-32/h1-8,11-12,14-16,18,25,27-28H,9-10,13,17,19-22H2/t25-,27+,28+/m1/s1. The van der Waals surface area contributed by atoms with Crippen molar-refractivity contribution in [2.75, 3.05) is 13.1 Å². The van der Waals surface area contributed by atoms with E-state index in [1.54, 1.807) is 21.6 Å². The summed E-state index contributed by atoms with van der Waals surface area (Å²) in [4.78, 5) is 50.5. The lowest BCUT2D eigenvalue weighted by Gasteiger charge is -2.30. The summed E-state index contributed by atoms with van der Waals surface area (Å²) in [6.07, 6.45) is 3.94. The molecular weight excluding hydrogens is 551 g/mol. The minimum absolute atomic E-state index is 0.0173. The largest absolute Gasteiger partial charge is 0.330 e. The van der Waals surface area contributed by atoms with Gasteiger partial charge >= 0.3 is 0 Å². The van der Waals surface area contributed by atoms with Gasteiger partial charge in [-0.1, -0.05) is 60.7 Å². The van der Waals surface area contributed by atoms with Crippen LogP contribution in [0.1, 0.15) is 47.5 Å². The van der Waals surface area contributed by atoms with Crippen molar-refractivity contribution in [2.24, 2.45) is 0 Å². The third-order valence-corrected chi connectivity index (χ3v) is 10.2. The summed E-state index contributed by atoms with van der Waals surface area (Å²) in [6, 6.07) is 27.0. The van der Waals surface area contributed by atoms with Gasteiger partial charge in [0.2, 0.25) is 17.6 Å². The first kappa shape index (κ1) is 27.7. The topological polar surface area (TPSA) is 70.6 Å². The quantitative estimate of drug-likeness (QED) is 0.218. The van der Waals surface area contributed by atoms with Crippen molar-refractivity contribution in [1.29, 1.82) is 0 Å². The van der Waals surface area contributed by atoms with Gasteiger partial charge in [-0.05, 0) is 61.9 Å². The van der Waals surface area contributed by atoms with Crippen LogP contribution in [0.2, 0.25) is 0 Å². The number of Topliss-reactive ketones (excluding diaryl/α,β-unsaturated/α-hetero) is 1. The van der Waals surface area contributed by atoms with E-state index in [9.17, 15) is 14.4 Å². The first-order chi connectivity index (χ1) is 20.1. The van der Waals surface area contributed by atoms with E-state index in [1.165, 1.54) is 16.9 Å². The summed E-state index contributed by atoms with van der Waals surface area (Å²) < 4.78 is 0.968. The zero-order valence-electron chi connectivity index (χ0n) is 22.9. The fourth-order valence-electron chi connectivity index (χ4n) is 5.93. The SMILES string of the molecule is O=C(c1nc2ccccc2s1)[C@@H]1CCCN1C(=O)[C@@H]1C[C@@H](Sc2ccccc2)CN1C(=O)CCCc1ccccc1. The molecule has 3 heterocycles. The molecule has 0 saturated carbocycles. The molecule has 4 aromatic rings. The molecule has 0 bridgehead atoms. The Hall–Kier alpha value is -3.49. The first-order valence-electron chi connectivity index (χ1n) is 14.3. The molecular formula is C33H33N3O3S2. The van der Waals surface area contributed by atoms with Crippen LogP contribution in [-0.2, 0) is 16.0 Å². The number of para-hydroxylation sites is 1. The van der Waals surface area contributed by atoms with Crippen molar-refractivity contribution in [3.63, 3.8) is 0 Å². The maximum absolute atomic E-state index is 14.1. The number of nitrogens with zero attached hydrogens (tertiary/aromatic N) is 3. The van der Waals surface area contributed by atoms with Gasteiger partial charge in [-0.25, -0.2) is 4.98 Å². The predicted octanol–water partition coefficient (Wildman–Crippen LogP) is 6.25. The summed E-state index contributed by atoms with van der Waals surface area (Å²) in [5.41, 5.74) is 2.01. The number of hydrogen-bond donors (Lipinski definition) is 0. The molecule has 2 aliphatic rings. The molecule has 0 radical (unpaired) electrons. The molecule has 3 aromatic carbocycles. The van der Waals surface area contributed by atoms with Crippen molar-refractivity contribution in [2.45, 2.75) is 60.8 Å². The highest BCUT2D eigenvalue weighted by Gasteiger charge is 2.45. The van der Waals surface area contributed by atoms with Crippen molar-refractivity contribution >= 4 is 50.9 Å². The lowest BCUT2D eigenvalue weighted by atomic mass is 10.1. The van der Waals surface area contributed by atoms with Gasteiger partial charge in [0.25, 0.3) is 0 Å². The highest BCUT2D eigenvalue weighted by atomic mass is 32.2. The number of carbonyl (C=O) groups is 3. The minimum atomic E-state index is -0.552. The monoisotopic (exact) mass is 583 g/mol. The van der Waals surface area contributed by atoms with Crippen LogP contribution in [0.5, 0.6) is 0 Å². The fraction of sp³-hybridized carbons (Fsp3) is 0.333. The van der Waals surface area contributed by atoms with Gasteiger partial charge in [0, 0.05) is 29.7 Å². The van der Waals surface area contributed by atoms with E-state index < -0.39 is 12.1 Å². The number of hydrogen-bond acceptors (Lipinski definition) is 6. The predicted molar refractivity (Wildman–Crippen MR) is 164 cm³/mol. The Kier molecular flexibility index (Phi) is 8.49. The van der Waals surface area contributed by atoms with E-state index in [-0.39, 0.29) is 22.8 Å². The Morgan fingerprint density at radius 3 is 2.39 bits per heavy atom. The molecule has 0 unspecified atom stereocenters. The molecule has 0 aliphatic carbocycles. The van der Waals surface area contributed by atoms with Crippen LogP contribution in [0.15, 0.2) is 89.8 Å². The Morgan fingerprint density at radius 1 is 0.878 bits per heavy atom. The lowest BCUT2D eigenvalue weighted by Crippen LogP contribution is -2.51. The summed E-state index contributed by atoms with van der Waals surface area (Å²) in [6.45, 7) is 1.06. The summed E-state index contributed by atoms with van der Waals surface area (Å²) in [5, 5.41) is 0.569. The highest BCUT2D eigenvalue weighted by Crippen LogP contribution is 2.36. The summed E-state index contributed by atoms with van der Waals surface area (Å²) >= 11 is 3.11. The maximum Gasteiger partial charge on any atom is 0.246 e. The van der Waals surface area contributed by atoms with Gasteiger partial charge in [-0.15, -0.1) is 23.1 Å². The molecule has 1 aromatic heterocycles. The molecule has 0 N–H and O–H groups in total. The Morgan fingerprint density at radius 2 is 1.61 bits per heavy atom. The number of thioether (sulfide) groups is 1. The second-order valence-electron chi connectivity index (χ2n) is 10.7. The zero-order chi connectivity index (χ0) is 28.2. The number of rotatable bonds is 9. The lowest BCUT2D eigenvalue weighted by molar-refractivity contribution is -0.144. The first-order valence-corrected chi connectivity index (χ1v) is 16.0. The number of ketones is 1. The second kappa shape index (κ2) is 12.6. The Balaban J connectivity index is 1.18. The molecule has 210 valence electrons. The molecule has 2 amide bonds. The number of amides is 2. The normalized spacial score (nSPS) is 20.5. The van der Waals surface area contributed by atoms with Gasteiger partial charge in [-0.2, -0.15) is 0 Å². The number of fused-ring (bicyclic) bond motifs is 1. The van der Waals surface area contributed by atoms with Crippen LogP contribution in [0.25, 0.3) is 10.2 Å². The van der Waals surface area contributed by atoms with Crippen LogP contribution in [0.3, 0.4) is 0 Å². The van der Waals surface area contributed by atoms with Crippen LogP contribution in [0.4, 0.5) is 0 Å². The number of aromatic nitrogens is 1. The van der Waals surface area contributed by atoms with Crippen LogP contribution < -0.4 is 0 Å². The third kappa shape index (κ3) is 6.23. The van der Waals surface area contributed by atoms with Crippen molar-refractivity contribution < 1.29 is 14.4 Å². The van der Waals surface area contributed by atoms with E-state index in [2.05, 4.69) is 29.2 Å². The average Bonchev–Trinajstić information content (AvgIpc) is 3.76. The van der Waals surface area contributed by atoms with E-state index in [0.717, 1.165) is 34.4 Å². The van der Waals surface area contributed by atoms with Crippen molar-refractivity contribution in [3.8, 4) is 0 Å². The van der Waals surface area contributed by atoms with E-state index in [1.807, 2.05) is 60.7 Å². The van der Waals surface area contributed by atoms with Gasteiger partial charge in [0.15, 0.2) is 5.01 Å². The third-order valence-electron chi connectivity index (χ3n) is 7.96. The van der Waals surface area contributed by atoms with Crippen molar-refractivity contribution in [1.82, 2.24) is 14.8 Å². The molecule has 2 fully saturated rings. The molecule has 8 heteroatoms. The molecule has 6 nitrogen and oxygen atoms in total. The number of thiazole rings is 1. The van der Waals surface area contributed by atoms with E-state index in [0.29, 0.717) is 37.4 Å². The second-order valence-corrected chi connectivity index (χ2v) is 13.1. The molecule has 0 spiro atoms. The van der Waals surface area contributed by atoms with Gasteiger partial charge in [0.1, 0.15) is 6.04 Å².